The third kappa shape index (κ3) is 5.93. The Morgan fingerprint density at radius 3 is 1.58 bits per heavy atom. The Morgan fingerprint density at radius 1 is 1.11 bits per heavy atom. The summed E-state index contributed by atoms with van der Waals surface area (Å²) in [7, 11) is 0. The second-order valence-corrected chi connectivity index (χ2v) is 2.86. The van der Waals surface area contributed by atoms with Crippen LogP contribution in [-0.2, 0) is 9.59 Å². The largest absolute Gasteiger partial charge is 0.478 e. The molecule has 4 nitrogen and oxygen atoms in total. The molecule has 0 aliphatic rings. The Bertz CT molecular complexity index is 373. The normalized spacial score (nSPS) is 12.7. The van der Waals surface area contributed by atoms with Crippen LogP contribution in [0.3, 0.4) is 0 Å². The lowest BCUT2D eigenvalue weighted by molar-refractivity contribution is -0.298. The Balaban J connectivity index is 0. The molecular formula is C9H8F6O4. The molecular weight excluding hydrogens is 286 g/mol. The molecule has 0 aromatic rings. The SMILES string of the molecule is C=C(C(=O)O)C(F)C(F)(F)C(F)(F)F.C=CC(=O)O. The van der Waals surface area contributed by atoms with E-state index >= 15 is 0 Å². The van der Waals surface area contributed by atoms with Crippen LogP contribution < -0.4 is 0 Å². The van der Waals surface area contributed by atoms with E-state index in [1.165, 1.54) is 0 Å². The van der Waals surface area contributed by atoms with E-state index in [1.54, 1.807) is 0 Å². The highest BCUT2D eigenvalue weighted by Crippen LogP contribution is 2.41. The van der Waals surface area contributed by atoms with Crippen LogP contribution >= 0.6 is 0 Å². The standard InChI is InChI=1S/C6H4F6O2.C3H4O2/c1-2(4(13)14)3(7)5(8,9)6(10,11)12;1-2-3(4)5/h3H,1H2,(H,13,14);2H,1H2,(H,4,5). The summed E-state index contributed by atoms with van der Waals surface area (Å²) in [5.74, 6) is -8.98. The third-order valence-electron chi connectivity index (χ3n) is 1.45. The molecule has 10 heteroatoms. The van der Waals surface area contributed by atoms with Crippen molar-refractivity contribution in [1.82, 2.24) is 0 Å². The van der Waals surface area contributed by atoms with E-state index < -0.39 is 35.8 Å². The van der Waals surface area contributed by atoms with Crippen molar-refractivity contribution in [2.75, 3.05) is 0 Å². The van der Waals surface area contributed by atoms with E-state index in [-0.39, 0.29) is 0 Å². The van der Waals surface area contributed by atoms with Gasteiger partial charge < -0.3 is 10.2 Å². The fourth-order valence-corrected chi connectivity index (χ4v) is 0.471. The summed E-state index contributed by atoms with van der Waals surface area (Å²) < 4.78 is 71.0. The molecule has 0 bridgehead atoms. The number of hydrogen-bond acceptors (Lipinski definition) is 2. The van der Waals surface area contributed by atoms with Crippen molar-refractivity contribution in [3.8, 4) is 0 Å². The molecule has 0 spiro atoms. The summed E-state index contributed by atoms with van der Waals surface area (Å²) in [5.41, 5.74) is -1.84. The molecule has 0 amide bonds. The predicted molar refractivity (Wildman–Crippen MR) is 50.5 cm³/mol. The van der Waals surface area contributed by atoms with Crippen molar-refractivity contribution in [3.63, 3.8) is 0 Å². The number of rotatable bonds is 4. The molecule has 0 saturated heterocycles. The van der Waals surface area contributed by atoms with Crippen molar-refractivity contribution >= 4 is 11.9 Å². The maximum Gasteiger partial charge on any atom is 0.456 e. The fourth-order valence-electron chi connectivity index (χ4n) is 0.471. The van der Waals surface area contributed by atoms with E-state index in [4.69, 9.17) is 10.2 Å². The molecule has 0 fully saturated rings. The van der Waals surface area contributed by atoms with Gasteiger partial charge in [0.2, 0.25) is 6.17 Å². The van der Waals surface area contributed by atoms with Gasteiger partial charge in [-0.1, -0.05) is 13.2 Å². The average molecular weight is 294 g/mol. The molecule has 2 N–H and O–H groups in total. The zero-order valence-electron chi connectivity index (χ0n) is 9.05. The molecule has 0 aromatic carbocycles. The van der Waals surface area contributed by atoms with Crippen molar-refractivity contribution in [1.29, 1.82) is 0 Å². The van der Waals surface area contributed by atoms with Gasteiger partial charge >= 0.3 is 24.0 Å². The van der Waals surface area contributed by atoms with Crippen LogP contribution in [-0.4, -0.2) is 40.4 Å². The molecule has 0 radical (unpaired) electrons. The first kappa shape index (κ1) is 19.3. The number of halogens is 6. The zero-order valence-corrected chi connectivity index (χ0v) is 9.05. The predicted octanol–water partition coefficient (Wildman–Crippen LogP) is 2.42. The number of aliphatic carboxylic acids is 2. The van der Waals surface area contributed by atoms with Gasteiger partial charge in [-0.05, 0) is 0 Å². The molecule has 0 aliphatic carbocycles. The molecule has 110 valence electrons. The van der Waals surface area contributed by atoms with Crippen LogP contribution in [0.4, 0.5) is 26.3 Å². The Hall–Kier alpha value is -2.00. The average Bonchev–Trinajstić information content (AvgIpc) is 2.25. The zero-order chi connectivity index (χ0) is 16.0. The molecule has 19 heavy (non-hydrogen) atoms. The van der Waals surface area contributed by atoms with Gasteiger partial charge in [0.25, 0.3) is 0 Å². The Kier molecular flexibility index (Phi) is 6.93. The van der Waals surface area contributed by atoms with Crippen molar-refractivity contribution in [3.05, 3.63) is 24.8 Å². The minimum atomic E-state index is -6.15. The maximum atomic E-state index is 12.4. The van der Waals surface area contributed by atoms with Crippen molar-refractivity contribution in [2.45, 2.75) is 18.3 Å². The Labute approximate surface area is 102 Å². The van der Waals surface area contributed by atoms with Crippen LogP contribution in [0.1, 0.15) is 0 Å². The van der Waals surface area contributed by atoms with Gasteiger partial charge in [-0.3, -0.25) is 0 Å². The summed E-state index contributed by atoms with van der Waals surface area (Å²) in [4.78, 5) is 19.1. The molecule has 0 heterocycles. The van der Waals surface area contributed by atoms with E-state index in [0.29, 0.717) is 0 Å². The monoisotopic (exact) mass is 294 g/mol. The van der Waals surface area contributed by atoms with Gasteiger partial charge in [0.1, 0.15) is 0 Å². The molecule has 0 aromatic heterocycles. The quantitative estimate of drug-likeness (QED) is 0.617. The van der Waals surface area contributed by atoms with Crippen molar-refractivity contribution in [2.24, 2.45) is 0 Å². The summed E-state index contributed by atoms with van der Waals surface area (Å²) in [6, 6.07) is 0. The number of alkyl halides is 6. The van der Waals surface area contributed by atoms with Gasteiger partial charge in [-0.15, -0.1) is 0 Å². The summed E-state index contributed by atoms with van der Waals surface area (Å²) in [6.07, 6.45) is -9.30. The third-order valence-corrected chi connectivity index (χ3v) is 1.45. The highest BCUT2D eigenvalue weighted by atomic mass is 19.4. The smallest absolute Gasteiger partial charge is 0.456 e. The lowest BCUT2D eigenvalue weighted by Gasteiger charge is -2.22. The van der Waals surface area contributed by atoms with Crippen LogP contribution in [0.25, 0.3) is 0 Å². The molecule has 0 rings (SSSR count). The second-order valence-electron chi connectivity index (χ2n) is 2.86. The van der Waals surface area contributed by atoms with Gasteiger partial charge in [0.15, 0.2) is 0 Å². The first-order chi connectivity index (χ1) is 8.28. The number of carboxylic acids is 2. The van der Waals surface area contributed by atoms with E-state index in [0.717, 1.165) is 6.08 Å². The molecule has 0 saturated carbocycles. The lowest BCUT2D eigenvalue weighted by Crippen LogP contribution is -2.46. The summed E-state index contributed by atoms with van der Waals surface area (Å²) in [6.45, 7) is 5.24. The van der Waals surface area contributed by atoms with Crippen LogP contribution in [0.5, 0.6) is 0 Å². The van der Waals surface area contributed by atoms with Crippen molar-refractivity contribution < 1.29 is 46.1 Å². The van der Waals surface area contributed by atoms with Gasteiger partial charge in [-0.25, -0.2) is 14.0 Å². The minimum Gasteiger partial charge on any atom is -0.478 e. The topological polar surface area (TPSA) is 74.6 Å². The maximum absolute atomic E-state index is 12.4. The highest BCUT2D eigenvalue weighted by Gasteiger charge is 2.64. The van der Waals surface area contributed by atoms with E-state index in [1.807, 2.05) is 0 Å². The molecule has 1 atom stereocenters. The number of carbonyl (C=O) groups is 2. The minimum absolute atomic E-state index is 0.833. The number of hydrogen-bond donors (Lipinski definition) is 2. The molecule has 1 unspecified atom stereocenters. The Morgan fingerprint density at radius 2 is 1.42 bits per heavy atom. The van der Waals surface area contributed by atoms with Gasteiger partial charge in [0.05, 0.1) is 5.57 Å². The van der Waals surface area contributed by atoms with E-state index in [9.17, 15) is 35.9 Å². The van der Waals surface area contributed by atoms with Crippen LogP contribution in [0.15, 0.2) is 24.8 Å². The van der Waals surface area contributed by atoms with Gasteiger partial charge in [0, 0.05) is 6.08 Å². The summed E-state index contributed by atoms with van der Waals surface area (Å²) in [5, 5.41) is 15.5. The first-order valence-corrected chi connectivity index (χ1v) is 4.15. The molecule has 0 aliphatic heterocycles. The lowest BCUT2D eigenvalue weighted by atomic mass is 10.1. The fraction of sp³-hybridized carbons (Fsp3) is 0.333. The highest BCUT2D eigenvalue weighted by molar-refractivity contribution is 5.87. The van der Waals surface area contributed by atoms with Crippen LogP contribution in [0.2, 0.25) is 0 Å². The van der Waals surface area contributed by atoms with E-state index in [2.05, 4.69) is 13.2 Å². The second kappa shape index (κ2) is 6.81. The first-order valence-electron chi connectivity index (χ1n) is 4.15. The number of carboxylic acid groups (broad SMARTS) is 2. The van der Waals surface area contributed by atoms with Crippen LogP contribution in [0, 0.1) is 0 Å². The summed E-state index contributed by atoms with van der Waals surface area (Å²) >= 11 is 0. The van der Waals surface area contributed by atoms with Gasteiger partial charge in [-0.2, -0.15) is 22.0 Å².